The van der Waals surface area contributed by atoms with Gasteiger partial charge in [0.1, 0.15) is 5.60 Å². The van der Waals surface area contributed by atoms with Crippen LogP contribution in [0.15, 0.2) is 42.5 Å². The molecule has 2 aromatic carbocycles. The first-order chi connectivity index (χ1) is 13.7. The lowest BCUT2D eigenvalue weighted by Crippen LogP contribution is -2.37. The van der Waals surface area contributed by atoms with Crippen LogP contribution in [0.2, 0.25) is 0 Å². The molecule has 1 aliphatic carbocycles. The summed E-state index contributed by atoms with van der Waals surface area (Å²) in [5.41, 5.74) is 4.51. The van der Waals surface area contributed by atoms with Crippen molar-refractivity contribution in [1.29, 1.82) is 0 Å². The third kappa shape index (κ3) is 4.97. The molecule has 0 aliphatic heterocycles. The molecule has 1 aliphatic rings. The van der Waals surface area contributed by atoms with E-state index in [1.165, 1.54) is 11.1 Å². The fourth-order valence-electron chi connectivity index (χ4n) is 3.94. The summed E-state index contributed by atoms with van der Waals surface area (Å²) >= 11 is 0. The lowest BCUT2D eigenvalue weighted by molar-refractivity contribution is 0.0285. The Morgan fingerprint density at radius 2 is 1.83 bits per heavy atom. The molecule has 5 heteroatoms. The molecule has 0 saturated heterocycles. The van der Waals surface area contributed by atoms with Crippen molar-refractivity contribution in [3.05, 3.63) is 59.2 Å². The van der Waals surface area contributed by atoms with Crippen LogP contribution in [0, 0.1) is 0 Å². The highest BCUT2D eigenvalue weighted by Gasteiger charge is 2.27. The maximum absolute atomic E-state index is 12.4. The summed E-state index contributed by atoms with van der Waals surface area (Å²) in [7, 11) is 1.79. The van der Waals surface area contributed by atoms with Crippen molar-refractivity contribution in [2.24, 2.45) is 0 Å². The monoisotopic (exact) mass is 395 g/mol. The van der Waals surface area contributed by atoms with Crippen LogP contribution in [0.25, 0.3) is 11.1 Å². The molecule has 0 fully saturated rings. The molecule has 1 unspecified atom stereocenters. The van der Waals surface area contributed by atoms with Crippen LogP contribution in [0.4, 0.5) is 4.79 Å². The Labute approximate surface area is 172 Å². The van der Waals surface area contributed by atoms with E-state index in [4.69, 9.17) is 9.84 Å². The van der Waals surface area contributed by atoms with Crippen molar-refractivity contribution in [1.82, 2.24) is 4.90 Å². The fraction of sp³-hybridized carbons (Fsp3) is 0.417. The van der Waals surface area contributed by atoms with Gasteiger partial charge < -0.3 is 14.7 Å². The highest BCUT2D eigenvalue weighted by molar-refractivity contribution is 5.88. The summed E-state index contributed by atoms with van der Waals surface area (Å²) in [5.74, 6) is -0.661. The van der Waals surface area contributed by atoms with E-state index < -0.39 is 11.6 Å². The second-order valence-electron chi connectivity index (χ2n) is 8.71. The molecule has 0 radical (unpaired) electrons. The van der Waals surface area contributed by atoms with E-state index >= 15 is 0 Å². The zero-order valence-corrected chi connectivity index (χ0v) is 17.6. The molecule has 0 aromatic heterocycles. The molecule has 3 rings (SSSR count). The van der Waals surface area contributed by atoms with Gasteiger partial charge in [-0.15, -0.1) is 0 Å². The second-order valence-corrected chi connectivity index (χ2v) is 8.71. The molecular formula is C24H29NO4. The summed E-state index contributed by atoms with van der Waals surface area (Å²) in [5, 5.41) is 9.13. The molecule has 5 nitrogen and oxygen atoms in total. The van der Waals surface area contributed by atoms with Crippen LogP contribution in [0.3, 0.4) is 0 Å². The van der Waals surface area contributed by atoms with E-state index in [0.29, 0.717) is 6.54 Å². The van der Waals surface area contributed by atoms with Gasteiger partial charge >= 0.3 is 12.1 Å². The molecule has 2 aromatic rings. The molecule has 1 atom stereocenters. The molecule has 0 saturated carbocycles. The van der Waals surface area contributed by atoms with Crippen molar-refractivity contribution < 1.29 is 19.4 Å². The van der Waals surface area contributed by atoms with Gasteiger partial charge in [0.05, 0.1) is 5.56 Å². The number of aromatic carboxylic acids is 1. The lowest BCUT2D eigenvalue weighted by Gasteiger charge is -2.32. The Hall–Kier alpha value is -2.82. The Morgan fingerprint density at radius 3 is 2.45 bits per heavy atom. The standard InChI is InChI=1S/C24H29NO4/c1-24(2,3)29-23(28)25(4)15-18-7-5-10-21-19(8-6-9-20(18)21)16-11-13-17(14-12-16)22(26)27/h6,8-9,11-14,18H,5,7,10,15H2,1-4H3,(H,26,27). The van der Waals surface area contributed by atoms with Crippen molar-refractivity contribution in [2.45, 2.75) is 51.6 Å². The van der Waals surface area contributed by atoms with E-state index in [-0.39, 0.29) is 17.6 Å². The van der Waals surface area contributed by atoms with Crippen LogP contribution in [-0.4, -0.2) is 41.3 Å². The van der Waals surface area contributed by atoms with Gasteiger partial charge in [0.25, 0.3) is 0 Å². The summed E-state index contributed by atoms with van der Waals surface area (Å²) in [4.78, 5) is 25.2. The normalized spacial score (nSPS) is 16.1. The minimum atomic E-state index is -0.920. The van der Waals surface area contributed by atoms with Crippen molar-refractivity contribution >= 4 is 12.1 Å². The number of carboxylic acids is 1. The highest BCUT2D eigenvalue weighted by Crippen LogP contribution is 2.38. The predicted molar refractivity (Wildman–Crippen MR) is 113 cm³/mol. The highest BCUT2D eigenvalue weighted by atomic mass is 16.6. The van der Waals surface area contributed by atoms with Crippen LogP contribution in [0.1, 0.15) is 61.0 Å². The van der Waals surface area contributed by atoms with E-state index in [0.717, 1.165) is 30.4 Å². The summed E-state index contributed by atoms with van der Waals surface area (Å²) < 4.78 is 5.49. The van der Waals surface area contributed by atoms with Crippen LogP contribution in [-0.2, 0) is 11.2 Å². The minimum absolute atomic E-state index is 0.259. The number of carboxylic acid groups (broad SMARTS) is 1. The number of rotatable bonds is 4. The molecule has 0 spiro atoms. The number of carbonyl (C=O) groups excluding carboxylic acids is 1. The molecule has 1 amide bonds. The molecule has 0 bridgehead atoms. The van der Waals surface area contributed by atoms with E-state index in [1.807, 2.05) is 39.0 Å². The Morgan fingerprint density at radius 1 is 1.14 bits per heavy atom. The third-order valence-corrected chi connectivity index (χ3v) is 5.27. The van der Waals surface area contributed by atoms with Gasteiger partial charge in [-0.2, -0.15) is 0 Å². The Kier molecular flexibility index (Phi) is 5.96. The molecule has 0 heterocycles. The summed E-state index contributed by atoms with van der Waals surface area (Å²) in [6.07, 6.45) is 2.77. The van der Waals surface area contributed by atoms with Gasteiger partial charge in [-0.05, 0) is 74.4 Å². The SMILES string of the molecule is CN(CC1CCCc2c(-c3ccc(C(=O)O)cc3)cccc21)C(=O)OC(C)(C)C. The van der Waals surface area contributed by atoms with Gasteiger partial charge in [0, 0.05) is 19.5 Å². The number of nitrogens with zero attached hydrogens (tertiary/aromatic N) is 1. The number of carbonyl (C=O) groups is 2. The van der Waals surface area contributed by atoms with Crippen molar-refractivity contribution in [3.63, 3.8) is 0 Å². The van der Waals surface area contributed by atoms with Crippen LogP contribution < -0.4 is 0 Å². The van der Waals surface area contributed by atoms with Gasteiger partial charge in [-0.3, -0.25) is 0 Å². The first kappa shape index (κ1) is 20.9. The van der Waals surface area contributed by atoms with Gasteiger partial charge in [0.2, 0.25) is 0 Å². The topological polar surface area (TPSA) is 66.8 Å². The summed E-state index contributed by atoms with van der Waals surface area (Å²) in [6.45, 7) is 6.23. The van der Waals surface area contributed by atoms with E-state index in [9.17, 15) is 9.59 Å². The average Bonchev–Trinajstić information content (AvgIpc) is 2.66. The number of benzene rings is 2. The molecule has 1 N–H and O–H groups in total. The predicted octanol–water partition coefficient (Wildman–Crippen LogP) is 5.34. The first-order valence-corrected chi connectivity index (χ1v) is 10.1. The number of ether oxygens (including phenoxy) is 1. The molecule has 154 valence electrons. The molecular weight excluding hydrogens is 366 g/mol. The number of fused-ring (bicyclic) bond motifs is 1. The van der Waals surface area contributed by atoms with Crippen molar-refractivity contribution in [2.75, 3.05) is 13.6 Å². The minimum Gasteiger partial charge on any atom is -0.478 e. The van der Waals surface area contributed by atoms with Gasteiger partial charge in [-0.25, -0.2) is 9.59 Å². The number of likely N-dealkylation sites (N-methyl/N-ethyl adjacent to an activating group) is 1. The van der Waals surface area contributed by atoms with Gasteiger partial charge in [0.15, 0.2) is 0 Å². The summed E-state index contributed by atoms with van der Waals surface area (Å²) in [6, 6.07) is 13.3. The zero-order valence-electron chi connectivity index (χ0n) is 17.6. The van der Waals surface area contributed by atoms with Crippen molar-refractivity contribution in [3.8, 4) is 11.1 Å². The Bertz CT molecular complexity index is 896. The maximum Gasteiger partial charge on any atom is 0.410 e. The average molecular weight is 395 g/mol. The maximum atomic E-state index is 12.4. The number of hydrogen-bond donors (Lipinski definition) is 1. The second kappa shape index (κ2) is 8.27. The lowest BCUT2D eigenvalue weighted by atomic mass is 9.79. The van der Waals surface area contributed by atoms with E-state index in [2.05, 4.69) is 12.1 Å². The van der Waals surface area contributed by atoms with Crippen LogP contribution >= 0.6 is 0 Å². The largest absolute Gasteiger partial charge is 0.478 e. The van der Waals surface area contributed by atoms with Crippen LogP contribution in [0.5, 0.6) is 0 Å². The third-order valence-electron chi connectivity index (χ3n) is 5.27. The zero-order chi connectivity index (χ0) is 21.2. The smallest absolute Gasteiger partial charge is 0.410 e. The first-order valence-electron chi connectivity index (χ1n) is 10.1. The fourth-order valence-corrected chi connectivity index (χ4v) is 3.94. The Balaban J connectivity index is 1.84. The van der Waals surface area contributed by atoms with E-state index in [1.54, 1.807) is 24.1 Å². The molecule has 29 heavy (non-hydrogen) atoms. The van der Waals surface area contributed by atoms with Gasteiger partial charge in [-0.1, -0.05) is 30.3 Å². The quantitative estimate of drug-likeness (QED) is 0.759. The number of hydrogen-bond acceptors (Lipinski definition) is 3. The number of amides is 1.